The molecule has 0 rings (SSSR count). The van der Waals surface area contributed by atoms with Crippen molar-refractivity contribution in [1.82, 2.24) is 10.2 Å². The van der Waals surface area contributed by atoms with Gasteiger partial charge in [-0.3, -0.25) is 0 Å². The molecule has 0 unspecified atom stereocenters. The minimum Gasteiger partial charge on any atom is -0.400 e. The molecule has 0 radical (unpaired) electrons. The van der Waals surface area contributed by atoms with Gasteiger partial charge in [-0.25, -0.2) is 0 Å². The molecule has 0 heterocycles. The first-order valence-electron chi connectivity index (χ1n) is 5.11. The van der Waals surface area contributed by atoms with E-state index in [4.69, 9.17) is 8.85 Å². The highest BCUT2D eigenvalue weighted by Gasteiger charge is 2.07. The zero-order valence-corrected chi connectivity index (χ0v) is 11.0. The molecule has 86 valence electrons. The number of rotatable bonds is 9. The highest BCUT2D eigenvalue weighted by molar-refractivity contribution is 6.44. The summed E-state index contributed by atoms with van der Waals surface area (Å²) in [7, 11) is 6.33. The summed E-state index contributed by atoms with van der Waals surface area (Å²) in [4.78, 5) is 2.18. The molecule has 0 aliphatic heterocycles. The standard InChI is InChI=1S/C9H24N2O2Si/c1-11(2)8-7-10-6-5-9-14(12-3)13-4/h10,14H,5-9H2,1-4H3. The quantitative estimate of drug-likeness (QED) is 0.439. The predicted molar refractivity (Wildman–Crippen MR) is 62.0 cm³/mol. The summed E-state index contributed by atoms with van der Waals surface area (Å²) in [6.07, 6.45) is 1.14. The largest absolute Gasteiger partial charge is 0.400 e. The summed E-state index contributed by atoms with van der Waals surface area (Å²) in [5.41, 5.74) is 0. The fraction of sp³-hybridized carbons (Fsp3) is 1.00. The molecule has 0 aromatic rings. The van der Waals surface area contributed by atoms with Crippen molar-refractivity contribution < 1.29 is 8.85 Å². The molecule has 0 atom stereocenters. The maximum absolute atomic E-state index is 5.22. The average Bonchev–Trinajstić information content (AvgIpc) is 2.16. The number of hydrogen-bond donors (Lipinski definition) is 1. The van der Waals surface area contributed by atoms with E-state index >= 15 is 0 Å². The van der Waals surface area contributed by atoms with E-state index in [0.29, 0.717) is 0 Å². The Hall–Kier alpha value is 0.0569. The molecule has 0 amide bonds. The number of nitrogens with one attached hydrogen (secondary N) is 1. The Morgan fingerprint density at radius 2 is 1.79 bits per heavy atom. The van der Waals surface area contributed by atoms with E-state index in [1.54, 1.807) is 14.2 Å². The van der Waals surface area contributed by atoms with Crippen molar-refractivity contribution >= 4 is 9.28 Å². The van der Waals surface area contributed by atoms with Crippen LogP contribution in [-0.4, -0.2) is 62.1 Å². The van der Waals surface area contributed by atoms with Crippen LogP contribution in [0.25, 0.3) is 0 Å². The molecule has 0 spiro atoms. The Morgan fingerprint density at radius 1 is 1.14 bits per heavy atom. The maximum atomic E-state index is 5.22. The van der Waals surface area contributed by atoms with Gasteiger partial charge in [-0.2, -0.15) is 0 Å². The third-order valence-electron chi connectivity index (χ3n) is 2.05. The van der Waals surface area contributed by atoms with Crippen LogP contribution in [-0.2, 0) is 8.85 Å². The number of hydrogen-bond acceptors (Lipinski definition) is 4. The van der Waals surface area contributed by atoms with Crippen molar-refractivity contribution in [3.8, 4) is 0 Å². The summed E-state index contributed by atoms with van der Waals surface area (Å²) in [5.74, 6) is 0. The van der Waals surface area contributed by atoms with Crippen LogP contribution in [0.4, 0.5) is 0 Å². The fourth-order valence-electron chi connectivity index (χ4n) is 1.15. The average molecular weight is 220 g/mol. The molecule has 5 heteroatoms. The third kappa shape index (κ3) is 8.65. The van der Waals surface area contributed by atoms with Crippen LogP contribution in [0.1, 0.15) is 6.42 Å². The van der Waals surface area contributed by atoms with Gasteiger partial charge in [-0.05, 0) is 33.1 Å². The minimum atomic E-state index is -1.31. The lowest BCUT2D eigenvalue weighted by Crippen LogP contribution is -2.28. The Balaban J connectivity index is 3.12. The van der Waals surface area contributed by atoms with Gasteiger partial charge in [0.25, 0.3) is 0 Å². The second-order valence-electron chi connectivity index (χ2n) is 3.60. The van der Waals surface area contributed by atoms with E-state index in [2.05, 4.69) is 24.3 Å². The summed E-state index contributed by atoms with van der Waals surface area (Å²) < 4.78 is 10.4. The molecule has 0 fully saturated rings. The summed E-state index contributed by atoms with van der Waals surface area (Å²) in [6, 6.07) is 1.09. The summed E-state index contributed by atoms with van der Waals surface area (Å²) in [5, 5.41) is 3.39. The topological polar surface area (TPSA) is 33.7 Å². The van der Waals surface area contributed by atoms with Crippen molar-refractivity contribution in [3.05, 3.63) is 0 Å². The molecule has 0 saturated heterocycles. The summed E-state index contributed by atoms with van der Waals surface area (Å²) in [6.45, 7) is 3.21. The van der Waals surface area contributed by atoms with Crippen LogP contribution < -0.4 is 5.32 Å². The number of likely N-dealkylation sites (N-methyl/N-ethyl adjacent to an activating group) is 1. The third-order valence-corrected chi connectivity index (χ3v) is 3.99. The van der Waals surface area contributed by atoms with Gasteiger partial charge in [0.15, 0.2) is 0 Å². The lowest BCUT2D eigenvalue weighted by molar-refractivity contribution is 0.276. The molecular formula is C9H24N2O2Si. The molecule has 0 aliphatic carbocycles. The van der Waals surface area contributed by atoms with Gasteiger partial charge in [-0.15, -0.1) is 0 Å². The van der Waals surface area contributed by atoms with Crippen molar-refractivity contribution in [1.29, 1.82) is 0 Å². The lowest BCUT2D eigenvalue weighted by atomic mass is 10.4. The van der Waals surface area contributed by atoms with E-state index < -0.39 is 9.28 Å². The minimum absolute atomic E-state index is 1.05. The number of nitrogens with zero attached hydrogens (tertiary/aromatic N) is 1. The first kappa shape index (κ1) is 14.1. The monoisotopic (exact) mass is 220 g/mol. The second-order valence-corrected chi connectivity index (χ2v) is 5.98. The Kier molecular flexibility index (Phi) is 9.64. The zero-order chi connectivity index (χ0) is 10.8. The molecule has 0 saturated carbocycles. The Morgan fingerprint density at radius 3 is 2.29 bits per heavy atom. The molecule has 4 nitrogen and oxygen atoms in total. The van der Waals surface area contributed by atoms with Gasteiger partial charge in [0.2, 0.25) is 0 Å². The van der Waals surface area contributed by atoms with Gasteiger partial charge < -0.3 is 19.1 Å². The second kappa shape index (κ2) is 9.61. The maximum Gasteiger partial charge on any atom is 0.320 e. The van der Waals surface area contributed by atoms with Crippen LogP contribution in [0.3, 0.4) is 0 Å². The molecule has 0 bridgehead atoms. The summed E-state index contributed by atoms with van der Waals surface area (Å²) >= 11 is 0. The highest BCUT2D eigenvalue weighted by Crippen LogP contribution is 1.97. The van der Waals surface area contributed by atoms with Gasteiger partial charge in [0, 0.05) is 27.3 Å². The zero-order valence-electron chi connectivity index (χ0n) is 9.88. The van der Waals surface area contributed by atoms with Crippen molar-refractivity contribution in [2.45, 2.75) is 12.5 Å². The molecule has 1 N–H and O–H groups in total. The van der Waals surface area contributed by atoms with Gasteiger partial charge >= 0.3 is 9.28 Å². The first-order valence-corrected chi connectivity index (χ1v) is 6.87. The van der Waals surface area contributed by atoms with Crippen LogP contribution in [0.2, 0.25) is 6.04 Å². The molecule has 0 aliphatic rings. The molecular weight excluding hydrogens is 196 g/mol. The van der Waals surface area contributed by atoms with E-state index in [1.807, 2.05) is 0 Å². The van der Waals surface area contributed by atoms with Crippen LogP contribution in [0, 0.1) is 0 Å². The van der Waals surface area contributed by atoms with E-state index in [9.17, 15) is 0 Å². The normalized spacial score (nSPS) is 11.6. The van der Waals surface area contributed by atoms with Gasteiger partial charge in [0.1, 0.15) is 0 Å². The first-order chi connectivity index (χ1) is 6.70. The van der Waals surface area contributed by atoms with E-state index in [1.165, 1.54) is 0 Å². The van der Waals surface area contributed by atoms with Crippen LogP contribution in [0.5, 0.6) is 0 Å². The lowest BCUT2D eigenvalue weighted by Gasteiger charge is -2.12. The van der Waals surface area contributed by atoms with Crippen LogP contribution in [0.15, 0.2) is 0 Å². The van der Waals surface area contributed by atoms with Crippen molar-refractivity contribution in [2.75, 3.05) is 47.9 Å². The van der Waals surface area contributed by atoms with E-state index in [-0.39, 0.29) is 0 Å². The SMILES string of the molecule is CO[SiH](CCCNCCN(C)C)OC. The van der Waals surface area contributed by atoms with Crippen LogP contribution >= 0.6 is 0 Å². The molecule has 0 aromatic carbocycles. The Bertz CT molecular complexity index is 121. The van der Waals surface area contributed by atoms with Gasteiger partial charge in [0.05, 0.1) is 0 Å². The molecule has 0 aromatic heterocycles. The van der Waals surface area contributed by atoms with Gasteiger partial charge in [-0.1, -0.05) is 0 Å². The van der Waals surface area contributed by atoms with Crippen molar-refractivity contribution in [2.24, 2.45) is 0 Å². The predicted octanol–water partition coefficient (Wildman–Crippen LogP) is 0.0410. The smallest absolute Gasteiger partial charge is 0.320 e. The van der Waals surface area contributed by atoms with Crippen molar-refractivity contribution in [3.63, 3.8) is 0 Å². The fourth-order valence-corrected chi connectivity index (χ4v) is 2.35. The molecule has 14 heavy (non-hydrogen) atoms. The van der Waals surface area contributed by atoms with E-state index in [0.717, 1.165) is 32.1 Å². The Labute approximate surface area is 89.4 Å². The highest BCUT2D eigenvalue weighted by atomic mass is 28.3.